The number of nitrogens with one attached hydrogen (secondary N) is 3. The Balaban J connectivity index is 2.00. The third kappa shape index (κ3) is 8.39. The van der Waals surface area contributed by atoms with Gasteiger partial charge in [0.2, 0.25) is 5.91 Å². The summed E-state index contributed by atoms with van der Waals surface area (Å²) in [6.07, 6.45) is -0.678. The second-order valence-electron chi connectivity index (χ2n) is 6.56. The Labute approximate surface area is 192 Å². The van der Waals surface area contributed by atoms with E-state index in [9.17, 15) is 19.2 Å². The van der Waals surface area contributed by atoms with Gasteiger partial charge in [0.1, 0.15) is 6.04 Å². The van der Waals surface area contributed by atoms with Crippen LogP contribution < -0.4 is 16.0 Å². The molecule has 0 saturated heterocycles. The van der Waals surface area contributed by atoms with Crippen LogP contribution in [0.15, 0.2) is 53.0 Å². The summed E-state index contributed by atoms with van der Waals surface area (Å²) in [5.74, 6) is -1.31. The monoisotopic (exact) mass is 509 g/mol. The molecule has 8 nitrogen and oxygen atoms in total. The number of carboxylic acid groups (broad SMARTS) is 1. The van der Waals surface area contributed by atoms with Gasteiger partial charge in [-0.3, -0.25) is 14.4 Å². The first-order valence-electron chi connectivity index (χ1n) is 9.36. The van der Waals surface area contributed by atoms with Gasteiger partial charge >= 0.3 is 6.09 Å². The van der Waals surface area contributed by atoms with E-state index in [1.54, 1.807) is 48.5 Å². The van der Waals surface area contributed by atoms with Crippen molar-refractivity contribution in [3.8, 4) is 0 Å². The first kappa shape index (κ1) is 24.4. The summed E-state index contributed by atoms with van der Waals surface area (Å²) in [7, 11) is 0. The van der Waals surface area contributed by atoms with E-state index >= 15 is 0 Å². The number of ketones is 1. The van der Waals surface area contributed by atoms with Gasteiger partial charge in [-0.1, -0.05) is 33.6 Å². The quantitative estimate of drug-likeness (QED) is 0.288. The molecule has 0 spiro atoms. The van der Waals surface area contributed by atoms with Crippen LogP contribution in [0.2, 0.25) is 5.02 Å². The van der Waals surface area contributed by atoms with E-state index in [-0.39, 0.29) is 25.3 Å². The maximum absolute atomic E-state index is 12.6. The van der Waals surface area contributed by atoms with E-state index in [2.05, 4.69) is 31.9 Å². The van der Waals surface area contributed by atoms with E-state index in [1.807, 2.05) is 0 Å². The highest BCUT2D eigenvalue weighted by Gasteiger charge is 2.22. The Bertz CT molecular complexity index is 952. The molecule has 0 heterocycles. The van der Waals surface area contributed by atoms with Crippen molar-refractivity contribution >= 4 is 51.2 Å². The number of Topliss-reactive ketones (excluding diaryl/α,β-unsaturated/α-hetero) is 1. The van der Waals surface area contributed by atoms with Gasteiger partial charge in [0.05, 0.1) is 6.54 Å². The molecule has 0 aliphatic rings. The SMILES string of the molecule is O=C(O)NCCC[C@H](NC(=O)c1cccc(Br)c1)C(=O)NCC(=O)c1ccc(Cl)cc1. The molecule has 0 aliphatic carbocycles. The van der Waals surface area contributed by atoms with Crippen molar-refractivity contribution in [3.63, 3.8) is 0 Å². The van der Waals surface area contributed by atoms with Gasteiger partial charge in [-0.05, 0) is 55.3 Å². The van der Waals surface area contributed by atoms with Gasteiger partial charge < -0.3 is 21.1 Å². The summed E-state index contributed by atoms with van der Waals surface area (Å²) in [6, 6.07) is 12.0. The van der Waals surface area contributed by atoms with Crippen LogP contribution in [0.4, 0.5) is 4.79 Å². The van der Waals surface area contributed by atoms with Crippen molar-refractivity contribution in [1.29, 1.82) is 0 Å². The third-order valence-electron chi connectivity index (χ3n) is 4.24. The van der Waals surface area contributed by atoms with Crippen LogP contribution in [0.25, 0.3) is 0 Å². The maximum Gasteiger partial charge on any atom is 0.404 e. The summed E-state index contributed by atoms with van der Waals surface area (Å²) in [6.45, 7) is -0.132. The zero-order valence-corrected chi connectivity index (χ0v) is 18.7. The number of benzene rings is 2. The largest absolute Gasteiger partial charge is 0.465 e. The molecule has 4 N–H and O–H groups in total. The molecule has 0 aliphatic heterocycles. The molecular weight excluding hydrogens is 490 g/mol. The first-order valence-corrected chi connectivity index (χ1v) is 10.5. The first-order chi connectivity index (χ1) is 14.8. The fourth-order valence-corrected chi connectivity index (χ4v) is 3.20. The molecule has 164 valence electrons. The minimum atomic E-state index is -1.17. The Morgan fingerprint density at radius 1 is 1.00 bits per heavy atom. The fourth-order valence-electron chi connectivity index (χ4n) is 2.67. The van der Waals surface area contributed by atoms with Gasteiger partial charge in [0.15, 0.2) is 5.78 Å². The van der Waals surface area contributed by atoms with Crippen LogP contribution in [-0.2, 0) is 4.79 Å². The third-order valence-corrected chi connectivity index (χ3v) is 4.99. The Morgan fingerprint density at radius 3 is 2.35 bits per heavy atom. The average Bonchev–Trinajstić information content (AvgIpc) is 2.74. The highest BCUT2D eigenvalue weighted by Crippen LogP contribution is 2.12. The summed E-state index contributed by atoms with van der Waals surface area (Å²) >= 11 is 9.10. The van der Waals surface area contributed by atoms with Crippen LogP contribution in [-0.4, -0.2) is 47.9 Å². The van der Waals surface area contributed by atoms with Crippen molar-refractivity contribution in [2.45, 2.75) is 18.9 Å². The van der Waals surface area contributed by atoms with E-state index in [0.717, 1.165) is 0 Å². The number of halogens is 2. The summed E-state index contributed by atoms with van der Waals surface area (Å²) in [4.78, 5) is 48.1. The molecular formula is C21H21BrClN3O5. The van der Waals surface area contributed by atoms with E-state index in [4.69, 9.17) is 16.7 Å². The van der Waals surface area contributed by atoms with E-state index in [0.29, 0.717) is 27.0 Å². The maximum atomic E-state index is 12.6. The van der Waals surface area contributed by atoms with Crippen LogP contribution in [0.5, 0.6) is 0 Å². The normalized spacial score (nSPS) is 11.3. The van der Waals surface area contributed by atoms with Gasteiger partial charge in [0, 0.05) is 27.2 Å². The lowest BCUT2D eigenvalue weighted by atomic mass is 10.1. The second kappa shape index (κ2) is 12.1. The molecule has 0 unspecified atom stereocenters. The Kier molecular flexibility index (Phi) is 9.48. The molecule has 10 heteroatoms. The molecule has 0 bridgehead atoms. The zero-order valence-electron chi connectivity index (χ0n) is 16.4. The van der Waals surface area contributed by atoms with E-state index in [1.165, 1.54) is 0 Å². The van der Waals surface area contributed by atoms with Gasteiger partial charge in [-0.15, -0.1) is 0 Å². The minimum Gasteiger partial charge on any atom is -0.465 e. The summed E-state index contributed by atoms with van der Waals surface area (Å²) in [5, 5.41) is 16.5. The van der Waals surface area contributed by atoms with Gasteiger partial charge in [-0.2, -0.15) is 0 Å². The molecule has 0 aromatic heterocycles. The van der Waals surface area contributed by atoms with Crippen LogP contribution >= 0.6 is 27.5 Å². The van der Waals surface area contributed by atoms with Crippen LogP contribution in [0.3, 0.4) is 0 Å². The van der Waals surface area contributed by atoms with Crippen molar-refractivity contribution in [2.75, 3.05) is 13.1 Å². The molecule has 3 amide bonds. The number of hydrogen-bond donors (Lipinski definition) is 4. The molecule has 0 fully saturated rings. The molecule has 31 heavy (non-hydrogen) atoms. The molecule has 2 rings (SSSR count). The van der Waals surface area contributed by atoms with Gasteiger partial charge in [0.25, 0.3) is 5.91 Å². The lowest BCUT2D eigenvalue weighted by Crippen LogP contribution is -2.48. The number of amides is 3. The molecule has 1 atom stereocenters. The predicted molar refractivity (Wildman–Crippen MR) is 119 cm³/mol. The molecule has 0 radical (unpaired) electrons. The number of hydrogen-bond acceptors (Lipinski definition) is 4. The highest BCUT2D eigenvalue weighted by molar-refractivity contribution is 9.10. The second-order valence-corrected chi connectivity index (χ2v) is 7.91. The average molecular weight is 511 g/mol. The molecule has 2 aromatic carbocycles. The number of rotatable bonds is 10. The van der Waals surface area contributed by atoms with Crippen LogP contribution in [0, 0.1) is 0 Å². The number of carbonyl (C=O) groups is 4. The van der Waals surface area contributed by atoms with Crippen molar-refractivity contribution < 1.29 is 24.3 Å². The smallest absolute Gasteiger partial charge is 0.404 e. The van der Waals surface area contributed by atoms with E-state index < -0.39 is 23.9 Å². The molecule has 0 saturated carbocycles. The standard InChI is InChI=1S/C21H21BrClN3O5/c22-15-4-1-3-14(11-15)19(28)26-17(5-2-10-24-21(30)31)20(29)25-12-18(27)13-6-8-16(23)9-7-13/h1,3-4,6-9,11,17,24H,2,5,10,12H2,(H,25,29)(H,26,28)(H,30,31)/t17-/m0/s1. The zero-order chi connectivity index (χ0) is 22.8. The number of carbonyl (C=O) groups excluding carboxylic acids is 3. The lowest BCUT2D eigenvalue weighted by molar-refractivity contribution is -0.123. The topological polar surface area (TPSA) is 125 Å². The molecule has 2 aromatic rings. The van der Waals surface area contributed by atoms with Crippen molar-refractivity contribution in [3.05, 3.63) is 69.2 Å². The summed E-state index contributed by atoms with van der Waals surface area (Å²) < 4.78 is 0.709. The Morgan fingerprint density at radius 2 is 1.71 bits per heavy atom. The Hall–Kier alpha value is -2.91. The lowest BCUT2D eigenvalue weighted by Gasteiger charge is -2.18. The van der Waals surface area contributed by atoms with Crippen molar-refractivity contribution in [2.24, 2.45) is 0 Å². The van der Waals surface area contributed by atoms with Crippen molar-refractivity contribution in [1.82, 2.24) is 16.0 Å². The predicted octanol–water partition coefficient (Wildman–Crippen LogP) is 3.25. The van der Waals surface area contributed by atoms with Gasteiger partial charge in [-0.25, -0.2) is 4.79 Å². The fraction of sp³-hybridized carbons (Fsp3) is 0.238. The summed E-state index contributed by atoms with van der Waals surface area (Å²) in [5.41, 5.74) is 0.748. The highest BCUT2D eigenvalue weighted by atomic mass is 79.9. The minimum absolute atomic E-state index is 0.121. The van der Waals surface area contributed by atoms with Crippen LogP contribution in [0.1, 0.15) is 33.6 Å².